The quantitative estimate of drug-likeness (QED) is 0.799. The van der Waals surface area contributed by atoms with Crippen LogP contribution >= 0.6 is 0 Å². The summed E-state index contributed by atoms with van der Waals surface area (Å²) >= 11 is 0. The standard InChI is InChI=1S/C18H22N6O3S/c1-23-14-11-20-17(21-12-5-7-13(8-6-12)28(19,26)27)22-15(14)24(2)18(16(23)25)9-3-4-10-18/h5-8,11H,3-4,9-10H2,1-2H3,(H2,19,26,27)(H,20,21,22). The Balaban J connectivity index is 1.66. The SMILES string of the molecule is CN1C(=O)C2(CCCC2)N(C)c2nc(Nc3ccc(S(N)(=O)=O)cc3)ncc21. The van der Waals surface area contributed by atoms with Crippen LogP contribution in [0.5, 0.6) is 0 Å². The maximum atomic E-state index is 13.0. The zero-order valence-electron chi connectivity index (χ0n) is 15.7. The van der Waals surface area contributed by atoms with Crippen molar-refractivity contribution in [2.75, 3.05) is 29.2 Å². The van der Waals surface area contributed by atoms with E-state index in [1.54, 1.807) is 30.3 Å². The first kappa shape index (κ1) is 18.6. The molecule has 3 N–H and O–H groups in total. The fourth-order valence-corrected chi connectivity index (χ4v) is 4.56. The van der Waals surface area contributed by atoms with Gasteiger partial charge in [0.15, 0.2) is 5.82 Å². The lowest BCUT2D eigenvalue weighted by Crippen LogP contribution is -2.60. The Morgan fingerprint density at radius 1 is 1.14 bits per heavy atom. The summed E-state index contributed by atoms with van der Waals surface area (Å²) < 4.78 is 22.7. The molecule has 28 heavy (non-hydrogen) atoms. The predicted octanol–water partition coefficient (Wildman–Crippen LogP) is 1.59. The smallest absolute Gasteiger partial charge is 0.252 e. The fraction of sp³-hybridized carbons (Fsp3) is 0.389. The van der Waals surface area contributed by atoms with Gasteiger partial charge in [-0.3, -0.25) is 4.79 Å². The number of amides is 1. The molecule has 1 spiro atoms. The molecule has 0 bridgehead atoms. The van der Waals surface area contributed by atoms with Gasteiger partial charge < -0.3 is 15.1 Å². The van der Waals surface area contributed by atoms with Gasteiger partial charge in [0.25, 0.3) is 5.91 Å². The van der Waals surface area contributed by atoms with E-state index in [-0.39, 0.29) is 10.8 Å². The number of likely N-dealkylation sites (N-methyl/N-ethyl adjacent to an activating group) is 2. The summed E-state index contributed by atoms with van der Waals surface area (Å²) in [4.78, 5) is 25.6. The number of carbonyl (C=O) groups excluding carboxylic acids is 1. The van der Waals surface area contributed by atoms with E-state index in [1.165, 1.54) is 12.1 Å². The average Bonchev–Trinajstić information content (AvgIpc) is 3.16. The third-order valence-electron chi connectivity index (χ3n) is 5.64. The predicted molar refractivity (Wildman–Crippen MR) is 106 cm³/mol. The Bertz CT molecular complexity index is 1030. The molecule has 0 unspecified atom stereocenters. The van der Waals surface area contributed by atoms with Gasteiger partial charge in [-0.2, -0.15) is 4.98 Å². The van der Waals surface area contributed by atoms with Crippen molar-refractivity contribution < 1.29 is 13.2 Å². The van der Waals surface area contributed by atoms with Crippen LogP contribution in [0.3, 0.4) is 0 Å². The summed E-state index contributed by atoms with van der Waals surface area (Å²) in [7, 11) is -0.0692. The largest absolute Gasteiger partial charge is 0.343 e. The molecule has 148 valence electrons. The van der Waals surface area contributed by atoms with Crippen LogP contribution in [0.25, 0.3) is 0 Å². The van der Waals surface area contributed by atoms with E-state index in [4.69, 9.17) is 5.14 Å². The van der Waals surface area contributed by atoms with E-state index in [0.29, 0.717) is 23.1 Å². The van der Waals surface area contributed by atoms with Crippen molar-refractivity contribution in [1.29, 1.82) is 0 Å². The van der Waals surface area contributed by atoms with Gasteiger partial charge in [0.05, 0.1) is 11.1 Å². The van der Waals surface area contributed by atoms with Crippen molar-refractivity contribution in [3.63, 3.8) is 0 Å². The fourth-order valence-electron chi connectivity index (χ4n) is 4.04. The van der Waals surface area contributed by atoms with Gasteiger partial charge >= 0.3 is 0 Å². The summed E-state index contributed by atoms with van der Waals surface area (Å²) in [6.07, 6.45) is 5.29. The van der Waals surface area contributed by atoms with E-state index in [1.807, 2.05) is 11.9 Å². The molecular formula is C18H22N6O3S. The van der Waals surface area contributed by atoms with Crippen LogP contribution in [-0.4, -0.2) is 43.9 Å². The lowest BCUT2D eigenvalue weighted by Gasteiger charge is -2.45. The molecule has 2 aliphatic rings. The van der Waals surface area contributed by atoms with E-state index in [2.05, 4.69) is 15.3 Å². The summed E-state index contributed by atoms with van der Waals surface area (Å²) in [6.45, 7) is 0. The molecular weight excluding hydrogens is 380 g/mol. The molecule has 2 aromatic rings. The van der Waals surface area contributed by atoms with Gasteiger partial charge in [-0.1, -0.05) is 12.8 Å². The first-order chi connectivity index (χ1) is 13.2. The molecule has 0 radical (unpaired) electrons. The molecule has 1 aliphatic heterocycles. The zero-order valence-corrected chi connectivity index (χ0v) is 16.5. The van der Waals surface area contributed by atoms with Crippen LogP contribution in [0, 0.1) is 0 Å². The van der Waals surface area contributed by atoms with Crippen molar-refractivity contribution >= 4 is 39.1 Å². The Labute approximate surface area is 163 Å². The molecule has 1 aliphatic carbocycles. The van der Waals surface area contributed by atoms with Crippen LogP contribution in [0.15, 0.2) is 35.4 Å². The number of fused-ring (bicyclic) bond motifs is 1. The molecule has 0 saturated heterocycles. The number of anilines is 4. The molecule has 2 heterocycles. The number of nitrogens with two attached hydrogens (primary N) is 1. The number of sulfonamides is 1. The number of nitrogens with one attached hydrogen (secondary N) is 1. The first-order valence-electron chi connectivity index (χ1n) is 9.01. The van der Waals surface area contributed by atoms with Gasteiger partial charge in [0.2, 0.25) is 16.0 Å². The van der Waals surface area contributed by atoms with Gasteiger partial charge in [-0.15, -0.1) is 0 Å². The monoisotopic (exact) mass is 402 g/mol. The molecule has 1 fully saturated rings. The molecule has 0 atom stereocenters. The topological polar surface area (TPSA) is 122 Å². The highest BCUT2D eigenvalue weighted by Crippen LogP contribution is 2.45. The van der Waals surface area contributed by atoms with E-state index < -0.39 is 15.6 Å². The third kappa shape index (κ3) is 2.89. The van der Waals surface area contributed by atoms with Gasteiger partial charge in [0, 0.05) is 19.8 Å². The van der Waals surface area contributed by atoms with Crippen LogP contribution in [0.2, 0.25) is 0 Å². The van der Waals surface area contributed by atoms with Crippen molar-refractivity contribution in [2.45, 2.75) is 36.1 Å². The summed E-state index contributed by atoms with van der Waals surface area (Å²) in [5.74, 6) is 1.15. The Hall–Kier alpha value is -2.72. The van der Waals surface area contributed by atoms with E-state index >= 15 is 0 Å². The van der Waals surface area contributed by atoms with E-state index in [9.17, 15) is 13.2 Å². The summed E-state index contributed by atoms with van der Waals surface area (Å²) in [5, 5.41) is 8.19. The molecule has 1 saturated carbocycles. The van der Waals surface area contributed by atoms with Crippen LogP contribution in [0.4, 0.5) is 23.1 Å². The maximum Gasteiger partial charge on any atom is 0.252 e. The number of carbonyl (C=O) groups is 1. The minimum Gasteiger partial charge on any atom is -0.343 e. The highest BCUT2D eigenvalue weighted by molar-refractivity contribution is 7.89. The molecule has 4 rings (SSSR count). The minimum absolute atomic E-state index is 0.0347. The maximum absolute atomic E-state index is 13.0. The van der Waals surface area contributed by atoms with Crippen LogP contribution in [-0.2, 0) is 14.8 Å². The van der Waals surface area contributed by atoms with Gasteiger partial charge in [0.1, 0.15) is 11.2 Å². The minimum atomic E-state index is -3.74. The van der Waals surface area contributed by atoms with Gasteiger partial charge in [-0.25, -0.2) is 18.5 Å². The zero-order chi connectivity index (χ0) is 20.1. The number of rotatable bonds is 3. The van der Waals surface area contributed by atoms with Crippen molar-refractivity contribution in [3.8, 4) is 0 Å². The number of benzene rings is 1. The number of primary sulfonamides is 1. The average molecular weight is 402 g/mol. The second-order valence-corrected chi connectivity index (χ2v) is 8.82. The lowest BCUT2D eigenvalue weighted by molar-refractivity contribution is -0.123. The number of aromatic nitrogens is 2. The molecule has 9 nitrogen and oxygen atoms in total. The summed E-state index contributed by atoms with van der Waals surface area (Å²) in [5.41, 5.74) is 0.760. The normalized spacial score (nSPS) is 18.5. The molecule has 1 amide bonds. The second kappa shape index (κ2) is 6.42. The molecule has 10 heteroatoms. The Morgan fingerprint density at radius 3 is 2.39 bits per heavy atom. The van der Waals surface area contributed by atoms with Crippen molar-refractivity contribution in [1.82, 2.24) is 9.97 Å². The van der Waals surface area contributed by atoms with Crippen LogP contribution in [0.1, 0.15) is 25.7 Å². The number of nitrogens with zero attached hydrogens (tertiary/aromatic N) is 4. The van der Waals surface area contributed by atoms with E-state index in [0.717, 1.165) is 25.7 Å². The van der Waals surface area contributed by atoms with Crippen molar-refractivity contribution in [3.05, 3.63) is 30.5 Å². The molecule has 1 aromatic carbocycles. The highest BCUT2D eigenvalue weighted by Gasteiger charge is 2.51. The lowest BCUT2D eigenvalue weighted by atomic mass is 9.91. The third-order valence-corrected chi connectivity index (χ3v) is 6.57. The molecule has 1 aromatic heterocycles. The second-order valence-electron chi connectivity index (χ2n) is 7.26. The first-order valence-corrected chi connectivity index (χ1v) is 10.6. The highest BCUT2D eigenvalue weighted by atomic mass is 32.2. The number of hydrogen-bond acceptors (Lipinski definition) is 7. The Morgan fingerprint density at radius 2 is 1.79 bits per heavy atom. The van der Waals surface area contributed by atoms with Crippen LogP contribution < -0.4 is 20.3 Å². The van der Waals surface area contributed by atoms with Gasteiger partial charge in [-0.05, 0) is 37.1 Å². The number of hydrogen-bond donors (Lipinski definition) is 2. The Kier molecular flexibility index (Phi) is 4.27. The van der Waals surface area contributed by atoms with Crippen molar-refractivity contribution in [2.24, 2.45) is 5.14 Å². The summed E-state index contributed by atoms with van der Waals surface area (Å²) in [6, 6.07) is 6.03.